The number of anilines is 2. The van der Waals surface area contributed by atoms with Gasteiger partial charge in [0, 0.05) is 26.2 Å². The fourth-order valence-electron chi connectivity index (χ4n) is 3.61. The van der Waals surface area contributed by atoms with Crippen LogP contribution in [0, 0.1) is 0 Å². The number of nitrogens with one attached hydrogen (secondary N) is 1. The number of amides is 1. The molecule has 9 heteroatoms. The van der Waals surface area contributed by atoms with Crippen LogP contribution in [0.25, 0.3) is 0 Å². The van der Waals surface area contributed by atoms with E-state index in [9.17, 15) is 13.2 Å². The Morgan fingerprint density at radius 1 is 0.909 bits per heavy atom. The molecular formula is C24H26N4O4S. The molecule has 1 fully saturated rings. The summed E-state index contributed by atoms with van der Waals surface area (Å²) in [6, 6.07) is 21.3. The zero-order valence-corrected chi connectivity index (χ0v) is 18.9. The second-order valence-corrected chi connectivity index (χ2v) is 9.55. The van der Waals surface area contributed by atoms with Crippen molar-refractivity contribution in [2.24, 2.45) is 0 Å². The average molecular weight is 467 g/mol. The lowest BCUT2D eigenvalue weighted by atomic mass is 10.3. The minimum Gasteiger partial charge on any atom is -0.484 e. The van der Waals surface area contributed by atoms with Crippen molar-refractivity contribution >= 4 is 27.4 Å². The van der Waals surface area contributed by atoms with Crippen LogP contribution in [-0.4, -0.2) is 56.4 Å². The molecule has 1 aliphatic rings. The summed E-state index contributed by atoms with van der Waals surface area (Å²) < 4.78 is 32.8. The maximum atomic E-state index is 12.9. The number of benzene rings is 2. The molecule has 1 saturated heterocycles. The van der Waals surface area contributed by atoms with Crippen molar-refractivity contribution in [1.29, 1.82) is 0 Å². The monoisotopic (exact) mass is 466 g/mol. The standard InChI is InChI=1S/C24H26N4O4S/c29-24(19-32-21-8-3-1-4-9-21)26-20-12-13-23(25-18-20)27-14-7-15-28(17-16-27)33(30,31)22-10-5-2-6-11-22/h1-6,8-13,18H,7,14-17,19H2,(H,26,29). The molecule has 0 atom stereocenters. The number of para-hydroxylation sites is 1. The van der Waals surface area contributed by atoms with Gasteiger partial charge in [-0.2, -0.15) is 4.31 Å². The van der Waals surface area contributed by atoms with Gasteiger partial charge in [-0.05, 0) is 42.8 Å². The van der Waals surface area contributed by atoms with E-state index in [4.69, 9.17) is 4.74 Å². The van der Waals surface area contributed by atoms with E-state index in [2.05, 4.69) is 15.2 Å². The second kappa shape index (κ2) is 10.5. The molecule has 2 heterocycles. The van der Waals surface area contributed by atoms with Crippen molar-refractivity contribution in [2.45, 2.75) is 11.3 Å². The van der Waals surface area contributed by atoms with Crippen LogP contribution in [0.15, 0.2) is 83.9 Å². The van der Waals surface area contributed by atoms with Gasteiger partial charge in [0.25, 0.3) is 5.91 Å². The SMILES string of the molecule is O=C(COc1ccccc1)Nc1ccc(N2CCCN(S(=O)(=O)c3ccccc3)CC2)nc1. The highest BCUT2D eigenvalue weighted by Gasteiger charge is 2.27. The molecule has 0 radical (unpaired) electrons. The second-order valence-electron chi connectivity index (χ2n) is 7.61. The van der Waals surface area contributed by atoms with E-state index in [-0.39, 0.29) is 12.5 Å². The number of rotatable bonds is 7. The Morgan fingerprint density at radius 2 is 1.64 bits per heavy atom. The number of carbonyl (C=O) groups excluding carboxylic acids is 1. The summed E-state index contributed by atoms with van der Waals surface area (Å²) >= 11 is 0. The first-order valence-corrected chi connectivity index (χ1v) is 12.2. The lowest BCUT2D eigenvalue weighted by Crippen LogP contribution is -2.35. The van der Waals surface area contributed by atoms with Crippen molar-refractivity contribution in [1.82, 2.24) is 9.29 Å². The molecule has 0 saturated carbocycles. The van der Waals surface area contributed by atoms with E-state index in [1.54, 1.807) is 54.7 Å². The molecule has 33 heavy (non-hydrogen) atoms. The summed E-state index contributed by atoms with van der Waals surface area (Å²) in [7, 11) is -3.51. The molecule has 0 aliphatic carbocycles. The van der Waals surface area contributed by atoms with Gasteiger partial charge in [0.1, 0.15) is 11.6 Å². The third kappa shape index (κ3) is 5.88. The fraction of sp³-hybridized carbons (Fsp3) is 0.250. The van der Waals surface area contributed by atoms with Gasteiger partial charge in [-0.3, -0.25) is 4.79 Å². The summed E-state index contributed by atoms with van der Waals surface area (Å²) in [5.74, 6) is 1.10. The van der Waals surface area contributed by atoms with Gasteiger partial charge in [0.15, 0.2) is 6.61 Å². The number of hydrogen-bond donors (Lipinski definition) is 1. The van der Waals surface area contributed by atoms with Crippen molar-refractivity contribution in [3.63, 3.8) is 0 Å². The van der Waals surface area contributed by atoms with Crippen molar-refractivity contribution in [2.75, 3.05) is 43.0 Å². The van der Waals surface area contributed by atoms with Gasteiger partial charge in [-0.15, -0.1) is 0 Å². The summed E-state index contributed by atoms with van der Waals surface area (Å²) in [5.41, 5.74) is 0.573. The number of carbonyl (C=O) groups is 1. The maximum absolute atomic E-state index is 12.9. The Morgan fingerprint density at radius 3 is 2.33 bits per heavy atom. The van der Waals surface area contributed by atoms with Gasteiger partial charge in [0.05, 0.1) is 16.8 Å². The number of sulfonamides is 1. The molecular weight excluding hydrogens is 440 g/mol. The topological polar surface area (TPSA) is 91.8 Å². The zero-order valence-electron chi connectivity index (χ0n) is 18.1. The molecule has 172 valence electrons. The van der Waals surface area contributed by atoms with Crippen molar-refractivity contribution < 1.29 is 17.9 Å². The summed E-state index contributed by atoms with van der Waals surface area (Å²) in [6.07, 6.45) is 2.29. The quantitative estimate of drug-likeness (QED) is 0.576. The fourth-order valence-corrected chi connectivity index (χ4v) is 5.11. The minimum absolute atomic E-state index is 0.0936. The molecule has 1 aliphatic heterocycles. The highest BCUT2D eigenvalue weighted by molar-refractivity contribution is 7.89. The van der Waals surface area contributed by atoms with Crippen LogP contribution in [-0.2, 0) is 14.8 Å². The van der Waals surface area contributed by atoms with Crippen LogP contribution in [0.2, 0.25) is 0 Å². The Labute approximate surface area is 193 Å². The molecule has 0 spiro atoms. The highest BCUT2D eigenvalue weighted by Crippen LogP contribution is 2.20. The van der Waals surface area contributed by atoms with Crippen molar-refractivity contribution in [3.8, 4) is 5.75 Å². The number of nitrogens with zero attached hydrogens (tertiary/aromatic N) is 3. The Kier molecular flexibility index (Phi) is 7.21. The van der Waals surface area contributed by atoms with Gasteiger partial charge < -0.3 is 15.0 Å². The van der Waals surface area contributed by atoms with E-state index < -0.39 is 10.0 Å². The third-order valence-corrected chi connectivity index (χ3v) is 7.22. The first-order valence-electron chi connectivity index (χ1n) is 10.8. The Bertz CT molecular complexity index is 1160. The van der Waals surface area contributed by atoms with Gasteiger partial charge >= 0.3 is 0 Å². The Hall–Kier alpha value is -3.43. The zero-order chi connectivity index (χ0) is 23.1. The largest absolute Gasteiger partial charge is 0.484 e. The van der Waals surface area contributed by atoms with E-state index >= 15 is 0 Å². The molecule has 2 aromatic carbocycles. The highest BCUT2D eigenvalue weighted by atomic mass is 32.2. The molecule has 1 amide bonds. The molecule has 1 aromatic heterocycles. The number of ether oxygens (including phenoxy) is 1. The first kappa shape index (κ1) is 22.8. The Balaban J connectivity index is 1.32. The number of aromatic nitrogens is 1. The van der Waals surface area contributed by atoms with E-state index in [1.807, 2.05) is 24.3 Å². The van der Waals surface area contributed by atoms with Crippen molar-refractivity contribution in [3.05, 3.63) is 79.0 Å². The molecule has 0 bridgehead atoms. The smallest absolute Gasteiger partial charge is 0.262 e. The molecule has 4 rings (SSSR count). The first-order chi connectivity index (χ1) is 16.0. The van der Waals surface area contributed by atoms with Gasteiger partial charge in [-0.1, -0.05) is 36.4 Å². The lowest BCUT2D eigenvalue weighted by molar-refractivity contribution is -0.118. The van der Waals surface area contributed by atoms with Gasteiger partial charge in [0.2, 0.25) is 10.0 Å². The third-order valence-electron chi connectivity index (χ3n) is 5.30. The van der Waals surface area contributed by atoms with Gasteiger partial charge in [-0.25, -0.2) is 13.4 Å². The van der Waals surface area contributed by atoms with Crippen LogP contribution in [0.3, 0.4) is 0 Å². The molecule has 3 aromatic rings. The maximum Gasteiger partial charge on any atom is 0.262 e. The lowest BCUT2D eigenvalue weighted by Gasteiger charge is -2.23. The normalized spacial score (nSPS) is 15.0. The van der Waals surface area contributed by atoms with Crippen LogP contribution < -0.4 is 15.0 Å². The van der Waals surface area contributed by atoms with Crippen LogP contribution >= 0.6 is 0 Å². The molecule has 1 N–H and O–H groups in total. The summed E-state index contributed by atoms with van der Waals surface area (Å²) in [5, 5.41) is 2.77. The number of hydrogen-bond acceptors (Lipinski definition) is 6. The van der Waals surface area contributed by atoms with E-state index in [1.165, 1.54) is 4.31 Å². The van der Waals surface area contributed by atoms with Crippen LogP contribution in [0.4, 0.5) is 11.5 Å². The predicted molar refractivity (Wildman–Crippen MR) is 127 cm³/mol. The number of pyridine rings is 1. The van der Waals surface area contributed by atoms with E-state index in [0.717, 1.165) is 5.82 Å². The minimum atomic E-state index is -3.51. The van der Waals surface area contributed by atoms with Crippen LogP contribution in [0.1, 0.15) is 6.42 Å². The summed E-state index contributed by atoms with van der Waals surface area (Å²) in [6.45, 7) is 1.99. The molecule has 0 unspecified atom stereocenters. The predicted octanol–water partition coefficient (Wildman–Crippen LogP) is 3.00. The molecule has 8 nitrogen and oxygen atoms in total. The van der Waals surface area contributed by atoms with E-state index in [0.29, 0.717) is 48.9 Å². The average Bonchev–Trinajstić information content (AvgIpc) is 3.11. The summed E-state index contributed by atoms with van der Waals surface area (Å²) in [4.78, 5) is 19.0. The van der Waals surface area contributed by atoms with Crippen LogP contribution in [0.5, 0.6) is 5.75 Å².